The molecule has 7 nitrogen and oxygen atoms in total. The van der Waals surface area contributed by atoms with Crippen LogP contribution >= 0.6 is 0 Å². The van der Waals surface area contributed by atoms with Crippen molar-refractivity contribution in [3.05, 3.63) is 47.5 Å². The highest BCUT2D eigenvalue weighted by Gasteiger charge is 2.38. The highest BCUT2D eigenvalue weighted by molar-refractivity contribution is 7.89. The molecule has 8 heteroatoms. The Kier molecular flexibility index (Phi) is 3.72. The molecule has 0 aromatic heterocycles. The Hall–Kier alpha value is -2.89. The molecule has 1 saturated heterocycles. The average Bonchev–Trinajstić information content (AvgIpc) is 3.08. The normalized spacial score (nSPS) is 20.1. The zero-order valence-corrected chi connectivity index (χ0v) is 14.5. The number of benzene rings is 2. The second-order valence-electron chi connectivity index (χ2n) is 6.30. The van der Waals surface area contributed by atoms with Gasteiger partial charge in [-0.15, -0.1) is 0 Å². The van der Waals surface area contributed by atoms with E-state index in [0.29, 0.717) is 11.3 Å². The predicted octanol–water partition coefficient (Wildman–Crippen LogP) is 2.14. The third-order valence-electron chi connectivity index (χ3n) is 4.81. The molecule has 0 spiro atoms. The van der Waals surface area contributed by atoms with E-state index >= 15 is 0 Å². The molecule has 2 aliphatic heterocycles. The minimum atomic E-state index is -3.70. The molecule has 2 N–H and O–H groups in total. The van der Waals surface area contributed by atoms with E-state index in [-0.39, 0.29) is 27.8 Å². The summed E-state index contributed by atoms with van der Waals surface area (Å²) in [5, 5.41) is 18.8. The fraction of sp³-hybridized carbons (Fsp3) is 0.222. The number of anilines is 1. The Morgan fingerprint density at radius 3 is 2.85 bits per heavy atom. The molecule has 2 aliphatic rings. The second-order valence-corrected chi connectivity index (χ2v) is 7.98. The van der Waals surface area contributed by atoms with Crippen LogP contribution in [0, 0.1) is 11.3 Å². The molecule has 0 bridgehead atoms. The predicted molar refractivity (Wildman–Crippen MR) is 94.2 cm³/mol. The summed E-state index contributed by atoms with van der Waals surface area (Å²) in [6.45, 7) is 0.759. The lowest BCUT2D eigenvalue weighted by molar-refractivity contribution is 0.0697. The number of carboxylic acid groups (broad SMARTS) is 1. The number of sulfonamides is 1. The van der Waals surface area contributed by atoms with Crippen LogP contribution in [0.2, 0.25) is 0 Å². The monoisotopic (exact) mass is 369 g/mol. The van der Waals surface area contributed by atoms with Crippen molar-refractivity contribution in [2.45, 2.75) is 23.9 Å². The van der Waals surface area contributed by atoms with Crippen molar-refractivity contribution in [3.8, 4) is 17.2 Å². The van der Waals surface area contributed by atoms with E-state index in [9.17, 15) is 23.6 Å². The first-order chi connectivity index (χ1) is 12.4. The van der Waals surface area contributed by atoms with Crippen molar-refractivity contribution in [3.63, 3.8) is 0 Å². The van der Waals surface area contributed by atoms with Crippen LogP contribution in [0.3, 0.4) is 0 Å². The van der Waals surface area contributed by atoms with E-state index in [0.717, 1.165) is 19.4 Å². The van der Waals surface area contributed by atoms with Gasteiger partial charge in [0.1, 0.15) is 4.90 Å². The molecule has 0 amide bonds. The lowest BCUT2D eigenvalue weighted by Gasteiger charge is -2.34. The molecule has 0 saturated carbocycles. The summed E-state index contributed by atoms with van der Waals surface area (Å²) in [5.74, 6) is -1.17. The Balaban J connectivity index is 1.95. The number of carboxylic acids is 1. The highest BCUT2D eigenvalue weighted by Crippen LogP contribution is 2.39. The van der Waals surface area contributed by atoms with E-state index in [1.807, 2.05) is 11.0 Å². The van der Waals surface area contributed by atoms with E-state index in [1.54, 1.807) is 12.1 Å². The number of nitrogens with one attached hydrogen (secondary N) is 1. The molecule has 4 rings (SSSR count). The van der Waals surface area contributed by atoms with E-state index in [1.165, 1.54) is 24.3 Å². The van der Waals surface area contributed by atoms with Gasteiger partial charge in [-0.1, -0.05) is 12.1 Å². The number of nitrogens with zero attached hydrogens (tertiary/aromatic N) is 2. The SMILES string of the molecule is N#Cc1cccc(C(=O)O)c1-c1ccc2c(c1)S(=O)(=O)NC1CCCN21. The third-order valence-corrected chi connectivity index (χ3v) is 6.30. The number of aromatic carboxylic acids is 1. The number of rotatable bonds is 2. The zero-order chi connectivity index (χ0) is 18.5. The number of nitriles is 1. The second kappa shape index (κ2) is 5.83. The Morgan fingerprint density at radius 1 is 1.31 bits per heavy atom. The molecule has 1 atom stereocenters. The van der Waals surface area contributed by atoms with Gasteiger partial charge in [-0.2, -0.15) is 9.98 Å². The van der Waals surface area contributed by atoms with Crippen LogP contribution in [0.5, 0.6) is 0 Å². The van der Waals surface area contributed by atoms with E-state index < -0.39 is 16.0 Å². The molecule has 2 heterocycles. The van der Waals surface area contributed by atoms with Crippen LogP contribution in [-0.4, -0.2) is 32.2 Å². The first-order valence-electron chi connectivity index (χ1n) is 8.12. The number of hydrogen-bond donors (Lipinski definition) is 2. The minimum Gasteiger partial charge on any atom is -0.478 e. The molecular weight excluding hydrogens is 354 g/mol. The maximum Gasteiger partial charge on any atom is 0.336 e. The van der Waals surface area contributed by atoms with Crippen LogP contribution in [0.25, 0.3) is 11.1 Å². The smallest absolute Gasteiger partial charge is 0.336 e. The van der Waals surface area contributed by atoms with Crippen LogP contribution in [0.4, 0.5) is 5.69 Å². The zero-order valence-electron chi connectivity index (χ0n) is 13.6. The van der Waals surface area contributed by atoms with E-state index in [2.05, 4.69) is 4.72 Å². The molecule has 26 heavy (non-hydrogen) atoms. The summed E-state index contributed by atoms with van der Waals surface area (Å²) in [6, 6.07) is 11.2. The van der Waals surface area contributed by atoms with Gasteiger partial charge in [0.05, 0.1) is 29.0 Å². The summed E-state index contributed by atoms with van der Waals surface area (Å²) >= 11 is 0. The van der Waals surface area contributed by atoms with Crippen LogP contribution < -0.4 is 9.62 Å². The van der Waals surface area contributed by atoms with Crippen LogP contribution in [0.15, 0.2) is 41.3 Å². The lowest BCUT2D eigenvalue weighted by Crippen LogP contribution is -2.48. The molecule has 132 valence electrons. The molecule has 0 radical (unpaired) electrons. The summed E-state index contributed by atoms with van der Waals surface area (Å²) < 4.78 is 28.0. The first-order valence-corrected chi connectivity index (χ1v) is 9.60. The van der Waals surface area contributed by atoms with Crippen LogP contribution in [0.1, 0.15) is 28.8 Å². The maximum atomic E-state index is 12.7. The Morgan fingerprint density at radius 2 is 2.12 bits per heavy atom. The van der Waals surface area contributed by atoms with Gasteiger partial charge in [0.15, 0.2) is 0 Å². The van der Waals surface area contributed by atoms with Crippen molar-refractivity contribution in [2.75, 3.05) is 11.4 Å². The third kappa shape index (κ3) is 2.44. The fourth-order valence-electron chi connectivity index (χ4n) is 3.68. The molecular formula is C18H15N3O4S. The number of fused-ring (bicyclic) bond motifs is 3. The largest absolute Gasteiger partial charge is 0.478 e. The van der Waals surface area contributed by atoms with Crippen molar-refractivity contribution in [1.29, 1.82) is 5.26 Å². The van der Waals surface area contributed by atoms with Crippen molar-refractivity contribution in [1.82, 2.24) is 4.72 Å². The summed E-state index contributed by atoms with van der Waals surface area (Å²) in [5.41, 5.74) is 1.38. The Bertz CT molecular complexity index is 1070. The lowest BCUT2D eigenvalue weighted by atomic mass is 9.94. The number of hydrogen-bond acceptors (Lipinski definition) is 5. The van der Waals surface area contributed by atoms with Crippen molar-refractivity contribution in [2.24, 2.45) is 0 Å². The molecule has 1 unspecified atom stereocenters. The van der Waals surface area contributed by atoms with E-state index in [4.69, 9.17) is 0 Å². The summed E-state index contributed by atoms with van der Waals surface area (Å²) in [6.07, 6.45) is 1.41. The molecule has 0 aliphatic carbocycles. The van der Waals surface area contributed by atoms with Crippen molar-refractivity contribution < 1.29 is 18.3 Å². The molecule has 2 aromatic rings. The summed E-state index contributed by atoms with van der Waals surface area (Å²) in [4.78, 5) is 13.7. The quantitative estimate of drug-likeness (QED) is 0.839. The van der Waals surface area contributed by atoms with Crippen LogP contribution in [-0.2, 0) is 10.0 Å². The summed E-state index contributed by atoms with van der Waals surface area (Å²) in [7, 11) is -3.70. The van der Waals surface area contributed by atoms with Gasteiger partial charge in [0.2, 0.25) is 10.0 Å². The minimum absolute atomic E-state index is 0.0378. The Labute approximate surface area is 150 Å². The number of carbonyl (C=O) groups is 1. The van der Waals surface area contributed by atoms with Gasteiger partial charge in [-0.3, -0.25) is 0 Å². The highest BCUT2D eigenvalue weighted by atomic mass is 32.2. The van der Waals surface area contributed by atoms with Crippen molar-refractivity contribution >= 4 is 21.7 Å². The van der Waals surface area contributed by atoms with Gasteiger partial charge in [-0.05, 0) is 42.7 Å². The topological polar surface area (TPSA) is 110 Å². The van der Waals surface area contributed by atoms with Gasteiger partial charge in [0.25, 0.3) is 0 Å². The standard InChI is InChI=1S/C18H15N3O4S/c19-10-12-3-1-4-13(18(22)23)17(12)11-6-7-14-15(9-11)26(24,25)20-16-5-2-8-21(14)16/h1,3-4,6-7,9,16,20H,2,5,8H2,(H,22,23). The van der Waals surface area contributed by atoms with Gasteiger partial charge in [0, 0.05) is 12.1 Å². The van der Waals surface area contributed by atoms with Gasteiger partial charge in [-0.25, -0.2) is 13.2 Å². The molecule has 2 aromatic carbocycles. The fourth-order valence-corrected chi connectivity index (χ4v) is 5.15. The molecule has 1 fully saturated rings. The van der Waals surface area contributed by atoms with Gasteiger partial charge < -0.3 is 10.0 Å². The average molecular weight is 369 g/mol. The van der Waals surface area contributed by atoms with Gasteiger partial charge >= 0.3 is 5.97 Å². The maximum absolute atomic E-state index is 12.7. The first kappa shape index (κ1) is 16.6.